The molecule has 2 saturated carbocycles. The molecule has 0 amide bonds. The standard InChI is InChI=1S/C27H38O6/c1-16-13-21-19-6-5-17-14-18(28)9-11-25(17,2)20(19)10-12-26(21,3)27(16,4)22(29)15-33-24(32)8-7-23(30)31/h10,14,16,18-19,21,28H,5-9,11-13,15H2,1-4H3,(H,30,31)/t16-,18?,19?,21?,25+,26+,27-/m1/s1. The summed E-state index contributed by atoms with van der Waals surface area (Å²) < 4.78 is 5.21. The average Bonchev–Trinajstić information content (AvgIpc) is 2.98. The molecule has 0 saturated heterocycles. The molecule has 4 rings (SSSR count). The van der Waals surface area contributed by atoms with Crippen LogP contribution < -0.4 is 0 Å². The number of carboxylic acids is 1. The van der Waals surface area contributed by atoms with E-state index in [4.69, 9.17) is 9.84 Å². The molecule has 0 spiro atoms. The van der Waals surface area contributed by atoms with Crippen LogP contribution in [0.3, 0.4) is 0 Å². The predicted molar refractivity (Wildman–Crippen MR) is 123 cm³/mol. The maximum atomic E-state index is 13.5. The molecule has 0 heterocycles. The van der Waals surface area contributed by atoms with Crippen LogP contribution >= 0.6 is 0 Å². The average molecular weight is 459 g/mol. The number of carboxylic acid groups (broad SMARTS) is 1. The maximum Gasteiger partial charge on any atom is 0.306 e. The number of carbonyl (C=O) groups is 3. The minimum atomic E-state index is -1.05. The van der Waals surface area contributed by atoms with E-state index in [2.05, 4.69) is 39.8 Å². The smallest absolute Gasteiger partial charge is 0.306 e. The lowest BCUT2D eigenvalue weighted by Crippen LogP contribution is -2.51. The molecule has 0 aromatic heterocycles. The fourth-order valence-corrected chi connectivity index (χ4v) is 7.74. The summed E-state index contributed by atoms with van der Waals surface area (Å²) in [5, 5.41) is 18.9. The van der Waals surface area contributed by atoms with Crippen molar-refractivity contribution < 1.29 is 29.3 Å². The van der Waals surface area contributed by atoms with Crippen molar-refractivity contribution in [2.75, 3.05) is 6.61 Å². The summed E-state index contributed by atoms with van der Waals surface area (Å²) in [5.74, 6) is -0.731. The van der Waals surface area contributed by atoms with Crippen molar-refractivity contribution in [3.05, 3.63) is 23.3 Å². The Kier molecular flexibility index (Phi) is 6.13. The van der Waals surface area contributed by atoms with Crippen LogP contribution in [0.5, 0.6) is 0 Å². The number of hydrogen-bond donors (Lipinski definition) is 2. The fourth-order valence-electron chi connectivity index (χ4n) is 7.74. The summed E-state index contributed by atoms with van der Waals surface area (Å²) in [6.07, 6.45) is 9.28. The number of carbonyl (C=O) groups excluding carboxylic acids is 2. The molecule has 0 aromatic rings. The van der Waals surface area contributed by atoms with Gasteiger partial charge in [-0.2, -0.15) is 0 Å². The van der Waals surface area contributed by atoms with Crippen LogP contribution in [-0.4, -0.2) is 40.6 Å². The molecule has 33 heavy (non-hydrogen) atoms. The number of allylic oxidation sites excluding steroid dienone is 3. The van der Waals surface area contributed by atoms with E-state index in [0.717, 1.165) is 38.5 Å². The molecule has 6 heteroatoms. The van der Waals surface area contributed by atoms with Gasteiger partial charge in [-0.15, -0.1) is 0 Å². The lowest BCUT2D eigenvalue weighted by molar-refractivity contribution is -0.156. The Labute approximate surface area is 196 Å². The third-order valence-corrected chi connectivity index (χ3v) is 10.1. The van der Waals surface area contributed by atoms with Crippen LogP contribution in [0.15, 0.2) is 23.3 Å². The third-order valence-electron chi connectivity index (χ3n) is 10.1. The molecule has 0 bridgehead atoms. The van der Waals surface area contributed by atoms with Crippen molar-refractivity contribution in [3.63, 3.8) is 0 Å². The van der Waals surface area contributed by atoms with Gasteiger partial charge >= 0.3 is 11.9 Å². The molecular weight excluding hydrogens is 420 g/mol. The van der Waals surface area contributed by atoms with E-state index in [9.17, 15) is 19.5 Å². The van der Waals surface area contributed by atoms with Gasteiger partial charge in [-0.3, -0.25) is 14.4 Å². The second kappa shape index (κ2) is 8.37. The normalized spacial score (nSPS) is 41.7. The van der Waals surface area contributed by atoms with Crippen molar-refractivity contribution in [2.24, 2.45) is 34.0 Å². The maximum absolute atomic E-state index is 13.5. The SMILES string of the molecule is C[C@@H]1CC2C3CCC4=CC(O)CC[C@]4(C)C3=CC[C@]2(C)[C@@]1(C)C(=O)COC(=O)CCC(=O)O. The van der Waals surface area contributed by atoms with Gasteiger partial charge in [0.1, 0.15) is 0 Å². The number of Topliss-reactive ketones (excluding diaryl/α,β-unsaturated/α-hetero) is 1. The second-order valence-electron chi connectivity index (χ2n) is 11.5. The zero-order chi connectivity index (χ0) is 24.2. The lowest BCUT2D eigenvalue weighted by Gasteiger charge is -2.55. The second-order valence-corrected chi connectivity index (χ2v) is 11.5. The minimum Gasteiger partial charge on any atom is -0.481 e. The summed E-state index contributed by atoms with van der Waals surface area (Å²) in [6, 6.07) is 0. The summed E-state index contributed by atoms with van der Waals surface area (Å²) >= 11 is 0. The Bertz CT molecular complexity index is 918. The lowest BCUT2D eigenvalue weighted by atomic mass is 9.48. The molecule has 4 aliphatic carbocycles. The summed E-state index contributed by atoms with van der Waals surface area (Å²) in [7, 11) is 0. The van der Waals surface area contributed by atoms with Gasteiger partial charge in [-0.1, -0.05) is 51.0 Å². The first-order valence-corrected chi connectivity index (χ1v) is 12.4. The van der Waals surface area contributed by atoms with Crippen LogP contribution in [0.2, 0.25) is 0 Å². The Morgan fingerprint density at radius 1 is 1.15 bits per heavy atom. The Morgan fingerprint density at radius 2 is 1.88 bits per heavy atom. The van der Waals surface area contributed by atoms with Crippen LogP contribution in [-0.2, 0) is 19.1 Å². The van der Waals surface area contributed by atoms with E-state index < -0.39 is 17.4 Å². The molecule has 182 valence electrons. The number of esters is 1. The van der Waals surface area contributed by atoms with Gasteiger partial charge in [0, 0.05) is 10.8 Å². The number of aliphatic hydroxyl groups is 1. The number of hydrogen-bond acceptors (Lipinski definition) is 5. The van der Waals surface area contributed by atoms with Gasteiger partial charge in [0.05, 0.1) is 18.9 Å². The molecule has 3 unspecified atom stereocenters. The van der Waals surface area contributed by atoms with Crippen molar-refractivity contribution in [1.82, 2.24) is 0 Å². The van der Waals surface area contributed by atoms with Crippen molar-refractivity contribution in [1.29, 1.82) is 0 Å². The van der Waals surface area contributed by atoms with E-state index in [1.807, 2.05) is 0 Å². The molecule has 2 N–H and O–H groups in total. The quantitative estimate of drug-likeness (QED) is 0.450. The highest BCUT2D eigenvalue weighted by atomic mass is 16.5. The van der Waals surface area contributed by atoms with Gasteiger partial charge in [-0.25, -0.2) is 0 Å². The molecule has 7 atom stereocenters. The highest BCUT2D eigenvalue weighted by molar-refractivity contribution is 5.89. The Balaban J connectivity index is 1.56. The van der Waals surface area contributed by atoms with Crippen LogP contribution in [0, 0.1) is 34.0 Å². The van der Waals surface area contributed by atoms with E-state index >= 15 is 0 Å². The van der Waals surface area contributed by atoms with Crippen molar-refractivity contribution >= 4 is 17.7 Å². The van der Waals surface area contributed by atoms with Crippen molar-refractivity contribution in [2.45, 2.75) is 85.2 Å². The van der Waals surface area contributed by atoms with E-state index in [0.29, 0.717) is 11.8 Å². The number of aliphatic hydroxyl groups excluding tert-OH is 1. The van der Waals surface area contributed by atoms with Crippen molar-refractivity contribution in [3.8, 4) is 0 Å². The van der Waals surface area contributed by atoms with Crippen LogP contribution in [0.1, 0.15) is 79.1 Å². The first kappa shape index (κ1) is 24.2. The van der Waals surface area contributed by atoms with E-state index in [-0.39, 0.29) is 48.1 Å². The molecule has 2 fully saturated rings. The van der Waals surface area contributed by atoms with Gasteiger partial charge in [-0.05, 0) is 61.7 Å². The molecule has 6 nitrogen and oxygen atoms in total. The first-order valence-electron chi connectivity index (χ1n) is 12.4. The summed E-state index contributed by atoms with van der Waals surface area (Å²) in [6.45, 7) is 8.50. The predicted octanol–water partition coefficient (Wildman–Crippen LogP) is 4.46. The summed E-state index contributed by atoms with van der Waals surface area (Å²) in [5.41, 5.74) is 2.10. The summed E-state index contributed by atoms with van der Waals surface area (Å²) in [4.78, 5) is 36.1. The number of fused-ring (bicyclic) bond motifs is 5. The fraction of sp³-hybridized carbons (Fsp3) is 0.741. The zero-order valence-corrected chi connectivity index (χ0v) is 20.4. The molecule has 0 aromatic carbocycles. The number of ether oxygens (including phenoxy) is 1. The molecule has 4 aliphatic rings. The number of aliphatic carboxylic acids is 1. The van der Waals surface area contributed by atoms with Gasteiger partial charge in [0.15, 0.2) is 12.4 Å². The van der Waals surface area contributed by atoms with Gasteiger partial charge < -0.3 is 14.9 Å². The first-order chi connectivity index (χ1) is 15.4. The Hall–Kier alpha value is -1.95. The van der Waals surface area contributed by atoms with E-state index in [1.54, 1.807) is 0 Å². The topological polar surface area (TPSA) is 101 Å². The van der Waals surface area contributed by atoms with Crippen LogP contribution in [0.4, 0.5) is 0 Å². The monoisotopic (exact) mass is 458 g/mol. The van der Waals surface area contributed by atoms with E-state index in [1.165, 1.54) is 11.1 Å². The largest absolute Gasteiger partial charge is 0.481 e. The number of ketones is 1. The minimum absolute atomic E-state index is 0.0232. The molecular formula is C27H38O6. The van der Waals surface area contributed by atoms with Crippen LogP contribution in [0.25, 0.3) is 0 Å². The third kappa shape index (κ3) is 3.69. The molecule has 0 radical (unpaired) electrons. The van der Waals surface area contributed by atoms with Gasteiger partial charge in [0.2, 0.25) is 0 Å². The Morgan fingerprint density at radius 3 is 2.58 bits per heavy atom. The van der Waals surface area contributed by atoms with Gasteiger partial charge in [0.25, 0.3) is 0 Å². The highest BCUT2D eigenvalue weighted by Gasteiger charge is 2.65. The number of rotatable bonds is 6. The highest BCUT2D eigenvalue weighted by Crippen LogP contribution is 2.69. The molecule has 0 aliphatic heterocycles. The zero-order valence-electron chi connectivity index (χ0n) is 20.4.